The number of hydrogen-bond donors (Lipinski definition) is 2. The molecule has 1 amide bonds. The van der Waals surface area contributed by atoms with Gasteiger partial charge in [-0.1, -0.05) is 78.7 Å². The summed E-state index contributed by atoms with van der Waals surface area (Å²) in [5, 5.41) is 36.4. The molecule has 71 heavy (non-hydrogen) atoms. The van der Waals surface area contributed by atoms with E-state index in [2.05, 4.69) is 24.8 Å². The number of allylic oxidation sites excluding steroid dienone is 1. The number of carbonyl (C=O) groups is 1. The van der Waals surface area contributed by atoms with Crippen molar-refractivity contribution in [2.75, 3.05) is 33.7 Å². The predicted octanol–water partition coefficient (Wildman–Crippen LogP) is 10.9. The number of benzene rings is 5. The Morgan fingerprint density at radius 3 is 2.30 bits per heavy atom. The Kier molecular flexibility index (Phi) is 15.3. The van der Waals surface area contributed by atoms with E-state index in [0.29, 0.717) is 52.9 Å². The van der Waals surface area contributed by atoms with E-state index in [1.807, 2.05) is 78.9 Å². The van der Waals surface area contributed by atoms with E-state index in [-0.39, 0.29) is 69.6 Å². The number of amides is 1. The molecule has 5 aromatic rings. The second-order valence-electron chi connectivity index (χ2n) is 18.2. The van der Waals surface area contributed by atoms with Crippen LogP contribution in [0.1, 0.15) is 67.6 Å². The van der Waals surface area contributed by atoms with Gasteiger partial charge in [0.15, 0.2) is 11.5 Å². The summed E-state index contributed by atoms with van der Waals surface area (Å²) in [6.07, 6.45) is 7.65. The number of aliphatic hydroxyl groups excluding tert-OH is 2. The first-order valence-corrected chi connectivity index (χ1v) is 24.2. The molecule has 1 saturated carbocycles. The number of nitro groups is 1. The van der Waals surface area contributed by atoms with Crippen molar-refractivity contribution in [2.45, 2.75) is 75.8 Å². The summed E-state index contributed by atoms with van der Waals surface area (Å²) in [5.41, 5.74) is 5.85. The second kappa shape index (κ2) is 22.3. The van der Waals surface area contributed by atoms with Gasteiger partial charge in [0.05, 0.1) is 30.3 Å². The van der Waals surface area contributed by atoms with E-state index in [4.69, 9.17) is 38.4 Å². The second-order valence-corrected chi connectivity index (χ2v) is 18.2. The fraction of sp³-hybridized carbons (Fsp3) is 0.357. The highest BCUT2D eigenvalue weighted by atomic mass is 16.7. The lowest BCUT2D eigenvalue weighted by Gasteiger charge is -2.59. The van der Waals surface area contributed by atoms with Crippen molar-refractivity contribution in [2.24, 2.45) is 22.9 Å². The molecular weight excluding hydrogens is 907 g/mol. The Labute approximate surface area is 413 Å². The smallest absolute Gasteiger partial charge is 0.410 e. The van der Waals surface area contributed by atoms with Crippen LogP contribution in [0.4, 0.5) is 10.5 Å². The molecule has 6 atom stereocenters. The molecule has 0 saturated heterocycles. The SMILES string of the molecule is C=CCO[C@@]12Oc3ccc(Oc4ccc(-c5ccccc5)cc4)cc3[C@H]3[C@H](CCCCO)[C@@H](CCCCO)C=C(C(=NOCc4ccc([N+](=O)[O-])cc4)C[C@@H]1N(Cc1ccc4c(c1)OCO4)C(=O)OC)[C@H]32. The largest absolute Gasteiger partial charge is 0.459 e. The molecular formula is C56H59N3O12. The van der Waals surface area contributed by atoms with Crippen LogP contribution in [0.3, 0.4) is 0 Å². The van der Waals surface area contributed by atoms with Gasteiger partial charge in [-0.2, -0.15) is 0 Å². The van der Waals surface area contributed by atoms with Crippen LogP contribution in [0, 0.1) is 27.9 Å². The minimum atomic E-state index is -1.56. The summed E-state index contributed by atoms with van der Waals surface area (Å²) in [6, 6.07) is 34.7. The van der Waals surface area contributed by atoms with Crippen molar-refractivity contribution < 1.29 is 53.2 Å². The molecule has 9 rings (SSSR count). The first-order chi connectivity index (χ1) is 34.7. The Morgan fingerprint density at radius 1 is 0.859 bits per heavy atom. The van der Waals surface area contributed by atoms with Gasteiger partial charge < -0.3 is 43.5 Å². The number of nitro benzene ring substituents is 1. The molecule has 2 aliphatic carbocycles. The number of ether oxygens (including phenoxy) is 6. The summed E-state index contributed by atoms with van der Waals surface area (Å²) < 4.78 is 38.1. The molecule has 5 aromatic carbocycles. The van der Waals surface area contributed by atoms with Gasteiger partial charge in [-0.15, -0.1) is 6.58 Å². The number of fused-ring (bicyclic) bond motifs is 3. The van der Waals surface area contributed by atoms with Crippen molar-refractivity contribution in [3.05, 3.63) is 166 Å². The summed E-state index contributed by atoms with van der Waals surface area (Å²) >= 11 is 0. The van der Waals surface area contributed by atoms with Gasteiger partial charge in [0.2, 0.25) is 12.6 Å². The third kappa shape index (κ3) is 10.5. The molecule has 4 aliphatic rings. The zero-order valence-corrected chi connectivity index (χ0v) is 39.7. The zero-order valence-electron chi connectivity index (χ0n) is 39.7. The van der Waals surface area contributed by atoms with Crippen molar-refractivity contribution in [1.29, 1.82) is 0 Å². The third-order valence-electron chi connectivity index (χ3n) is 14.0. The lowest BCUT2D eigenvalue weighted by molar-refractivity contribution is -0.384. The molecule has 0 aromatic heterocycles. The van der Waals surface area contributed by atoms with E-state index in [1.54, 1.807) is 23.1 Å². The van der Waals surface area contributed by atoms with Crippen LogP contribution in [-0.4, -0.2) is 77.4 Å². The molecule has 0 spiro atoms. The minimum Gasteiger partial charge on any atom is -0.459 e. The van der Waals surface area contributed by atoms with Gasteiger partial charge in [0.25, 0.3) is 5.69 Å². The van der Waals surface area contributed by atoms with Crippen LogP contribution in [0.2, 0.25) is 0 Å². The summed E-state index contributed by atoms with van der Waals surface area (Å²) in [6.45, 7) is 4.38. The number of oxime groups is 1. The number of aliphatic hydroxyl groups is 2. The van der Waals surface area contributed by atoms with Gasteiger partial charge in [-0.3, -0.25) is 15.0 Å². The first-order valence-electron chi connectivity index (χ1n) is 24.2. The number of rotatable bonds is 21. The van der Waals surface area contributed by atoms with Crippen molar-refractivity contribution in [3.63, 3.8) is 0 Å². The maximum atomic E-state index is 14.5. The standard InChI is InChI=1S/C56H59N3O12/c1-3-29-68-56-52(58(55(62)65-2)34-38-17-25-50-51(30-38)67-36-66-50)33-48(57-69-35-37-15-20-42(21-16-37)59(63)64)46-31-41(13-7-9-27-60)45(14-8-10-28-61)53(54(46)56)47-32-44(24-26-49(47)71-56)70-43-22-18-40(19-23-43)39-11-5-4-6-12-39/h3-6,11-12,15-26,30-32,41,45,52-54,60-61H,1,7-10,13-14,27-29,33-36H2,2H3/t41-,45+,52-,53+,54+,56+/m0/s1. The van der Waals surface area contributed by atoms with E-state index in [1.165, 1.54) is 19.2 Å². The highest BCUT2D eigenvalue weighted by Crippen LogP contribution is 2.62. The number of hydrogen-bond acceptors (Lipinski definition) is 13. The number of carbonyl (C=O) groups excluding carboxylic acids is 1. The minimum absolute atomic E-state index is 0.0135. The summed E-state index contributed by atoms with van der Waals surface area (Å²) in [5.74, 6) is 0.449. The Bertz CT molecular complexity index is 2730. The number of unbranched alkanes of at least 4 members (excludes halogenated alkanes) is 2. The molecule has 15 heteroatoms. The fourth-order valence-corrected chi connectivity index (χ4v) is 10.7. The number of non-ortho nitro benzene ring substituents is 1. The van der Waals surface area contributed by atoms with Crippen molar-refractivity contribution >= 4 is 17.5 Å². The molecule has 2 heterocycles. The molecule has 0 bridgehead atoms. The van der Waals surface area contributed by atoms with Crippen LogP contribution >= 0.6 is 0 Å². The average Bonchev–Trinajstić information content (AvgIpc) is 3.87. The summed E-state index contributed by atoms with van der Waals surface area (Å²) in [7, 11) is 1.34. The highest BCUT2D eigenvalue weighted by molar-refractivity contribution is 6.03. The molecule has 0 radical (unpaired) electrons. The lowest BCUT2D eigenvalue weighted by Crippen LogP contribution is -2.70. The Balaban J connectivity index is 1.20. The molecule has 15 nitrogen and oxygen atoms in total. The molecule has 0 unspecified atom stereocenters. The van der Waals surface area contributed by atoms with Gasteiger partial charge >= 0.3 is 6.09 Å². The Morgan fingerprint density at radius 2 is 1.56 bits per heavy atom. The molecule has 1 fully saturated rings. The maximum absolute atomic E-state index is 14.5. The van der Waals surface area contributed by atoms with Crippen molar-refractivity contribution in [3.8, 4) is 39.9 Å². The van der Waals surface area contributed by atoms with Crippen LogP contribution in [-0.2, 0) is 27.5 Å². The van der Waals surface area contributed by atoms with E-state index < -0.39 is 28.8 Å². The topological polar surface area (TPSA) is 181 Å². The van der Waals surface area contributed by atoms with Crippen LogP contribution in [0.5, 0.6) is 28.7 Å². The van der Waals surface area contributed by atoms with E-state index in [0.717, 1.165) is 53.5 Å². The average molecular weight is 966 g/mol. The zero-order chi connectivity index (χ0) is 49.3. The van der Waals surface area contributed by atoms with Gasteiger partial charge in [-0.25, -0.2) is 4.79 Å². The van der Waals surface area contributed by atoms with E-state index >= 15 is 0 Å². The summed E-state index contributed by atoms with van der Waals surface area (Å²) in [4.78, 5) is 33.3. The van der Waals surface area contributed by atoms with Gasteiger partial charge in [0.1, 0.15) is 29.9 Å². The molecule has 2 aliphatic heterocycles. The number of nitrogens with zero attached hydrogens (tertiary/aromatic N) is 3. The Hall–Kier alpha value is -7.20. The normalized spacial score (nSPS) is 22.0. The van der Waals surface area contributed by atoms with E-state index in [9.17, 15) is 25.1 Å². The monoisotopic (exact) mass is 965 g/mol. The van der Waals surface area contributed by atoms with Gasteiger partial charge in [0, 0.05) is 49.8 Å². The highest BCUT2D eigenvalue weighted by Gasteiger charge is 2.65. The first kappa shape index (κ1) is 48.8. The predicted molar refractivity (Wildman–Crippen MR) is 265 cm³/mol. The molecule has 370 valence electrons. The van der Waals surface area contributed by atoms with Crippen LogP contribution in [0.25, 0.3) is 11.1 Å². The van der Waals surface area contributed by atoms with Crippen LogP contribution in [0.15, 0.2) is 145 Å². The quantitative estimate of drug-likeness (QED) is 0.0308. The number of methoxy groups -OCH3 is 1. The third-order valence-corrected chi connectivity index (χ3v) is 14.0. The molecule has 2 N–H and O–H groups in total. The van der Waals surface area contributed by atoms with Crippen molar-refractivity contribution in [1.82, 2.24) is 4.90 Å². The fourth-order valence-electron chi connectivity index (χ4n) is 10.7. The lowest BCUT2D eigenvalue weighted by atomic mass is 9.55. The van der Waals surface area contributed by atoms with Gasteiger partial charge in [-0.05, 0) is 120 Å². The maximum Gasteiger partial charge on any atom is 0.410 e. The van der Waals surface area contributed by atoms with Crippen LogP contribution < -0.4 is 18.9 Å².